The molecule has 2 rings (SSSR count). The topological polar surface area (TPSA) is 42.9 Å². The van der Waals surface area contributed by atoms with Gasteiger partial charge in [0.1, 0.15) is 4.88 Å². The summed E-state index contributed by atoms with van der Waals surface area (Å²) in [6, 6.07) is 4.17. The molecule has 0 saturated carbocycles. The van der Waals surface area contributed by atoms with Crippen LogP contribution in [0.4, 0.5) is 13.2 Å². The van der Waals surface area contributed by atoms with Crippen molar-refractivity contribution in [3.8, 4) is 0 Å². The highest BCUT2D eigenvalue weighted by atomic mass is 32.1. The molecule has 106 valence electrons. The average molecular weight is 300 g/mol. The predicted octanol–water partition coefficient (Wildman–Crippen LogP) is 3.74. The maximum atomic E-state index is 12.5. The number of rotatable bonds is 4. The van der Waals surface area contributed by atoms with Crippen molar-refractivity contribution < 1.29 is 18.0 Å². The standard InChI is InChI=1S/C13H11F3N2OS/c1-2-3-10-12(20-18-17-10)11(19)8-4-6-9(7-5-8)13(14,15)16/h4-7H,2-3H2,1H3. The van der Waals surface area contributed by atoms with Crippen molar-refractivity contribution >= 4 is 17.3 Å². The number of ketones is 1. The highest BCUT2D eigenvalue weighted by Crippen LogP contribution is 2.29. The molecule has 0 radical (unpaired) electrons. The normalized spacial score (nSPS) is 11.6. The second-order valence-electron chi connectivity index (χ2n) is 4.20. The molecule has 0 N–H and O–H groups in total. The van der Waals surface area contributed by atoms with Crippen molar-refractivity contribution in [1.29, 1.82) is 0 Å². The Balaban J connectivity index is 2.27. The van der Waals surface area contributed by atoms with Crippen LogP contribution in [0, 0.1) is 0 Å². The van der Waals surface area contributed by atoms with E-state index in [0.29, 0.717) is 17.0 Å². The van der Waals surface area contributed by atoms with Gasteiger partial charge in [-0.25, -0.2) is 0 Å². The Bertz CT molecular complexity index is 605. The molecular formula is C13H11F3N2OS. The zero-order valence-corrected chi connectivity index (χ0v) is 11.4. The van der Waals surface area contributed by atoms with Gasteiger partial charge in [0.25, 0.3) is 0 Å². The summed E-state index contributed by atoms with van der Waals surface area (Å²) in [6.45, 7) is 1.95. The van der Waals surface area contributed by atoms with Crippen LogP contribution in [0.2, 0.25) is 0 Å². The maximum Gasteiger partial charge on any atom is 0.416 e. The van der Waals surface area contributed by atoms with Crippen LogP contribution in [0.25, 0.3) is 0 Å². The Morgan fingerprint density at radius 3 is 2.45 bits per heavy atom. The Kier molecular flexibility index (Phi) is 4.17. The maximum absolute atomic E-state index is 12.5. The van der Waals surface area contributed by atoms with Crippen LogP contribution in [0.5, 0.6) is 0 Å². The van der Waals surface area contributed by atoms with Crippen LogP contribution in [-0.4, -0.2) is 15.4 Å². The third-order valence-electron chi connectivity index (χ3n) is 2.72. The Hall–Kier alpha value is -1.76. The summed E-state index contributed by atoms with van der Waals surface area (Å²) in [6.07, 6.45) is -2.96. The quantitative estimate of drug-likeness (QED) is 0.808. The minimum atomic E-state index is -4.40. The van der Waals surface area contributed by atoms with Crippen molar-refractivity contribution in [2.45, 2.75) is 25.9 Å². The van der Waals surface area contributed by atoms with Crippen molar-refractivity contribution in [2.75, 3.05) is 0 Å². The zero-order chi connectivity index (χ0) is 14.8. The zero-order valence-electron chi connectivity index (χ0n) is 10.6. The highest BCUT2D eigenvalue weighted by molar-refractivity contribution is 7.08. The molecule has 0 atom stereocenters. The van der Waals surface area contributed by atoms with E-state index >= 15 is 0 Å². The summed E-state index contributed by atoms with van der Waals surface area (Å²) in [4.78, 5) is 12.6. The van der Waals surface area contributed by atoms with Gasteiger partial charge < -0.3 is 0 Å². The number of benzene rings is 1. The fraction of sp³-hybridized carbons (Fsp3) is 0.308. The molecule has 20 heavy (non-hydrogen) atoms. The predicted molar refractivity (Wildman–Crippen MR) is 68.8 cm³/mol. The van der Waals surface area contributed by atoms with Gasteiger partial charge in [0.2, 0.25) is 5.78 Å². The fourth-order valence-corrected chi connectivity index (χ4v) is 2.39. The molecule has 1 heterocycles. The van der Waals surface area contributed by atoms with E-state index in [-0.39, 0.29) is 11.3 Å². The lowest BCUT2D eigenvalue weighted by molar-refractivity contribution is -0.137. The third kappa shape index (κ3) is 3.04. The van der Waals surface area contributed by atoms with Gasteiger partial charge in [0.05, 0.1) is 11.3 Å². The molecule has 0 aliphatic carbocycles. The summed E-state index contributed by atoms with van der Waals surface area (Å²) in [7, 11) is 0. The van der Waals surface area contributed by atoms with E-state index in [9.17, 15) is 18.0 Å². The summed E-state index contributed by atoms with van der Waals surface area (Å²) < 4.78 is 41.1. The van der Waals surface area contributed by atoms with Crippen LogP contribution >= 0.6 is 11.5 Å². The van der Waals surface area contributed by atoms with Gasteiger partial charge in [-0.1, -0.05) is 30.0 Å². The lowest BCUT2D eigenvalue weighted by atomic mass is 10.1. The van der Waals surface area contributed by atoms with E-state index in [1.807, 2.05) is 6.92 Å². The molecule has 0 aliphatic rings. The van der Waals surface area contributed by atoms with Crippen molar-refractivity contribution in [2.24, 2.45) is 0 Å². The molecular weight excluding hydrogens is 289 g/mol. The largest absolute Gasteiger partial charge is 0.416 e. The van der Waals surface area contributed by atoms with Crippen LogP contribution < -0.4 is 0 Å². The molecule has 1 aromatic carbocycles. The smallest absolute Gasteiger partial charge is 0.288 e. The average Bonchev–Trinajstić information content (AvgIpc) is 2.86. The number of halogens is 3. The van der Waals surface area contributed by atoms with Gasteiger partial charge >= 0.3 is 6.18 Å². The van der Waals surface area contributed by atoms with E-state index in [0.717, 1.165) is 30.1 Å². The molecule has 2 aromatic rings. The van der Waals surface area contributed by atoms with E-state index in [1.54, 1.807) is 0 Å². The number of nitrogens with zero attached hydrogens (tertiary/aromatic N) is 2. The number of carbonyl (C=O) groups excluding carboxylic acids is 1. The van der Waals surface area contributed by atoms with Gasteiger partial charge in [-0.15, -0.1) is 5.10 Å². The van der Waals surface area contributed by atoms with E-state index < -0.39 is 11.7 Å². The van der Waals surface area contributed by atoms with Gasteiger partial charge in [0, 0.05) is 5.56 Å². The first-order chi connectivity index (χ1) is 9.43. The molecule has 0 aliphatic heterocycles. The van der Waals surface area contributed by atoms with Crippen LogP contribution in [0.15, 0.2) is 24.3 Å². The number of aryl methyl sites for hydroxylation is 1. The SMILES string of the molecule is CCCc1nnsc1C(=O)c1ccc(C(F)(F)F)cc1. The first kappa shape index (κ1) is 14.6. The summed E-state index contributed by atoms with van der Waals surface area (Å²) >= 11 is 0.969. The van der Waals surface area contributed by atoms with Crippen molar-refractivity contribution in [3.05, 3.63) is 46.0 Å². The van der Waals surface area contributed by atoms with Crippen LogP contribution in [0.3, 0.4) is 0 Å². The Labute approximate surface area is 117 Å². The molecule has 1 aromatic heterocycles. The molecule has 0 spiro atoms. The van der Waals surface area contributed by atoms with Crippen molar-refractivity contribution in [3.63, 3.8) is 0 Å². The number of hydrogen-bond donors (Lipinski definition) is 0. The fourth-order valence-electron chi connectivity index (χ4n) is 1.72. The number of carbonyl (C=O) groups is 1. The van der Waals surface area contributed by atoms with Crippen LogP contribution in [0.1, 0.15) is 39.8 Å². The summed E-state index contributed by atoms with van der Waals surface area (Å²) in [5, 5.41) is 3.88. The lowest BCUT2D eigenvalue weighted by Gasteiger charge is -2.06. The van der Waals surface area contributed by atoms with Crippen molar-refractivity contribution in [1.82, 2.24) is 9.59 Å². The van der Waals surface area contributed by atoms with Crippen LogP contribution in [-0.2, 0) is 12.6 Å². The molecule has 0 saturated heterocycles. The Morgan fingerprint density at radius 1 is 1.25 bits per heavy atom. The Morgan fingerprint density at radius 2 is 1.90 bits per heavy atom. The summed E-state index contributed by atoms with van der Waals surface area (Å²) in [5.74, 6) is -0.336. The first-order valence-electron chi connectivity index (χ1n) is 5.96. The number of alkyl halides is 3. The van der Waals surface area contributed by atoms with Gasteiger partial charge in [-0.3, -0.25) is 4.79 Å². The third-order valence-corrected chi connectivity index (χ3v) is 3.49. The monoisotopic (exact) mass is 300 g/mol. The minimum Gasteiger partial charge on any atom is -0.288 e. The highest BCUT2D eigenvalue weighted by Gasteiger charge is 2.30. The van der Waals surface area contributed by atoms with Gasteiger partial charge in [-0.05, 0) is 30.1 Å². The minimum absolute atomic E-state index is 0.210. The van der Waals surface area contributed by atoms with Gasteiger partial charge in [0.15, 0.2) is 0 Å². The second kappa shape index (κ2) is 5.70. The lowest BCUT2D eigenvalue weighted by Crippen LogP contribution is -2.07. The van der Waals surface area contributed by atoms with E-state index in [4.69, 9.17) is 0 Å². The van der Waals surface area contributed by atoms with E-state index in [1.165, 1.54) is 12.1 Å². The second-order valence-corrected chi connectivity index (χ2v) is 4.96. The molecule has 0 bridgehead atoms. The number of aromatic nitrogens is 2. The molecule has 7 heteroatoms. The molecule has 0 unspecified atom stereocenters. The molecule has 3 nitrogen and oxygen atoms in total. The number of hydrogen-bond acceptors (Lipinski definition) is 4. The van der Waals surface area contributed by atoms with Gasteiger partial charge in [-0.2, -0.15) is 13.2 Å². The molecule has 0 amide bonds. The van der Waals surface area contributed by atoms with E-state index in [2.05, 4.69) is 9.59 Å². The molecule has 0 fully saturated rings. The first-order valence-corrected chi connectivity index (χ1v) is 6.74. The summed E-state index contributed by atoms with van der Waals surface area (Å²) in [5.41, 5.74) is 0.0362.